The predicted octanol–water partition coefficient (Wildman–Crippen LogP) is -0.0244. The van der Waals surface area contributed by atoms with E-state index < -0.39 is 48.6 Å². The van der Waals surface area contributed by atoms with Crippen LogP contribution in [-0.4, -0.2) is 66.0 Å². The molecule has 0 aromatic heterocycles. The summed E-state index contributed by atoms with van der Waals surface area (Å²) < 4.78 is 9.40. The summed E-state index contributed by atoms with van der Waals surface area (Å²) in [4.78, 5) is 61.4. The van der Waals surface area contributed by atoms with E-state index in [9.17, 15) is 24.0 Å². The van der Waals surface area contributed by atoms with Gasteiger partial charge in [0.15, 0.2) is 6.61 Å². The normalized spacial score (nSPS) is 21.9. The fourth-order valence-corrected chi connectivity index (χ4v) is 2.82. The van der Waals surface area contributed by atoms with E-state index in [2.05, 4.69) is 10.1 Å². The molecule has 1 atom stereocenters. The number of carbonyl (C=O) groups excluding carboxylic acids is 5. The first-order valence-corrected chi connectivity index (χ1v) is 8.15. The van der Waals surface area contributed by atoms with Gasteiger partial charge in [-0.1, -0.05) is 30.3 Å². The van der Waals surface area contributed by atoms with E-state index in [-0.39, 0.29) is 13.2 Å². The Kier molecular flexibility index (Phi) is 4.80. The molecule has 27 heavy (non-hydrogen) atoms. The maximum Gasteiger partial charge on any atom is 0.416 e. The van der Waals surface area contributed by atoms with Crippen LogP contribution in [0, 0.1) is 0 Å². The highest BCUT2D eigenvalue weighted by molar-refractivity contribution is 6.08. The highest BCUT2D eigenvalue weighted by atomic mass is 16.6. The molecule has 0 bridgehead atoms. The predicted molar refractivity (Wildman–Crippen MR) is 88.1 cm³/mol. The van der Waals surface area contributed by atoms with Crippen LogP contribution < -0.4 is 5.32 Å². The number of urea groups is 1. The summed E-state index contributed by atoms with van der Waals surface area (Å²) in [6, 6.07) is 7.87. The molecular formula is C17H17N3O7. The lowest BCUT2D eigenvalue weighted by molar-refractivity contribution is -0.152. The molecule has 1 aromatic carbocycles. The third-order valence-corrected chi connectivity index (χ3v) is 4.33. The van der Waals surface area contributed by atoms with Crippen molar-refractivity contribution in [2.45, 2.75) is 12.5 Å². The lowest BCUT2D eigenvalue weighted by Gasteiger charge is -2.21. The number of cyclic esters (lactones) is 1. The van der Waals surface area contributed by atoms with Crippen LogP contribution in [0.5, 0.6) is 0 Å². The maximum atomic E-state index is 12.7. The van der Waals surface area contributed by atoms with Crippen LogP contribution >= 0.6 is 0 Å². The zero-order valence-electron chi connectivity index (χ0n) is 14.5. The molecule has 0 saturated carbocycles. The second kappa shape index (κ2) is 7.06. The Balaban J connectivity index is 1.59. The van der Waals surface area contributed by atoms with E-state index in [1.165, 1.54) is 6.92 Å². The van der Waals surface area contributed by atoms with Crippen LogP contribution in [0.3, 0.4) is 0 Å². The summed E-state index contributed by atoms with van der Waals surface area (Å²) in [7, 11) is 0. The van der Waals surface area contributed by atoms with Crippen LogP contribution in [0.25, 0.3) is 0 Å². The van der Waals surface area contributed by atoms with Crippen molar-refractivity contribution in [3.05, 3.63) is 35.9 Å². The smallest absolute Gasteiger partial charge is 0.416 e. The molecule has 0 spiro atoms. The number of benzene rings is 1. The molecule has 2 heterocycles. The lowest BCUT2D eigenvalue weighted by atomic mass is 9.92. The molecule has 0 unspecified atom stereocenters. The van der Waals surface area contributed by atoms with E-state index in [0.717, 1.165) is 9.80 Å². The van der Waals surface area contributed by atoms with Gasteiger partial charge in [-0.25, -0.2) is 14.5 Å². The van der Waals surface area contributed by atoms with Crippen LogP contribution in [0.1, 0.15) is 12.5 Å². The molecule has 2 saturated heterocycles. The standard InChI is InChI=1S/C17H17N3O7/c1-17(11-5-3-2-4-6-11)14(23)20(15(24)18-17)9-13(22)27-10-12(21)19-7-8-26-16(19)25/h2-6H,7-10H2,1H3,(H,18,24)/t17-/m1/s1. The van der Waals surface area contributed by atoms with Crippen LogP contribution in [-0.2, 0) is 29.4 Å². The summed E-state index contributed by atoms with van der Waals surface area (Å²) >= 11 is 0. The summed E-state index contributed by atoms with van der Waals surface area (Å²) in [6.45, 7) is 0.367. The fourth-order valence-electron chi connectivity index (χ4n) is 2.82. The minimum atomic E-state index is -1.30. The van der Waals surface area contributed by atoms with E-state index in [4.69, 9.17) is 4.74 Å². The number of ether oxygens (including phenoxy) is 2. The number of nitrogens with zero attached hydrogens (tertiary/aromatic N) is 2. The average Bonchev–Trinajstić information content (AvgIpc) is 3.18. The van der Waals surface area contributed by atoms with Gasteiger partial charge in [0, 0.05) is 0 Å². The number of hydrogen-bond donors (Lipinski definition) is 1. The molecule has 10 heteroatoms. The van der Waals surface area contributed by atoms with Crippen molar-refractivity contribution in [1.29, 1.82) is 0 Å². The molecule has 10 nitrogen and oxygen atoms in total. The van der Waals surface area contributed by atoms with Crippen molar-refractivity contribution in [3.8, 4) is 0 Å². The van der Waals surface area contributed by atoms with Crippen LogP contribution in [0.2, 0.25) is 0 Å². The molecular weight excluding hydrogens is 358 g/mol. The highest BCUT2D eigenvalue weighted by Gasteiger charge is 2.49. The van der Waals surface area contributed by atoms with Crippen LogP contribution in [0.15, 0.2) is 30.3 Å². The van der Waals surface area contributed by atoms with Crippen molar-refractivity contribution in [2.24, 2.45) is 0 Å². The molecule has 1 aromatic rings. The third kappa shape index (κ3) is 3.46. The summed E-state index contributed by atoms with van der Waals surface area (Å²) in [5, 5.41) is 2.56. The van der Waals surface area contributed by atoms with Gasteiger partial charge in [-0.15, -0.1) is 0 Å². The monoisotopic (exact) mass is 375 g/mol. The molecule has 2 aliphatic heterocycles. The summed E-state index contributed by atoms with van der Waals surface area (Å²) in [5.41, 5.74) is -0.727. The van der Waals surface area contributed by atoms with Gasteiger partial charge in [0.2, 0.25) is 0 Å². The second-order valence-corrected chi connectivity index (χ2v) is 6.13. The Bertz CT molecular complexity index is 810. The first-order valence-electron chi connectivity index (χ1n) is 8.15. The van der Waals surface area contributed by atoms with E-state index in [1.54, 1.807) is 30.3 Å². The fraction of sp³-hybridized carbons (Fsp3) is 0.353. The molecule has 2 aliphatic rings. The molecule has 0 aliphatic carbocycles. The van der Waals surface area contributed by atoms with E-state index >= 15 is 0 Å². The Morgan fingerprint density at radius 2 is 1.93 bits per heavy atom. The number of hydrogen-bond acceptors (Lipinski definition) is 7. The Hall–Kier alpha value is -3.43. The molecule has 1 N–H and O–H groups in total. The van der Waals surface area contributed by atoms with Gasteiger partial charge in [-0.05, 0) is 12.5 Å². The van der Waals surface area contributed by atoms with Crippen molar-refractivity contribution in [1.82, 2.24) is 15.1 Å². The topological polar surface area (TPSA) is 122 Å². The Morgan fingerprint density at radius 3 is 2.56 bits per heavy atom. The summed E-state index contributed by atoms with van der Waals surface area (Å²) in [5.74, 6) is -2.29. The number of imide groups is 2. The minimum absolute atomic E-state index is 0.0810. The highest BCUT2D eigenvalue weighted by Crippen LogP contribution is 2.28. The van der Waals surface area contributed by atoms with Gasteiger partial charge >= 0.3 is 18.1 Å². The molecule has 3 rings (SSSR count). The van der Waals surface area contributed by atoms with Crippen molar-refractivity contribution in [2.75, 3.05) is 26.3 Å². The van der Waals surface area contributed by atoms with Crippen molar-refractivity contribution >= 4 is 29.9 Å². The minimum Gasteiger partial charge on any atom is -0.454 e. The van der Waals surface area contributed by atoms with Crippen molar-refractivity contribution < 1.29 is 33.4 Å². The van der Waals surface area contributed by atoms with Gasteiger partial charge in [0.25, 0.3) is 11.8 Å². The molecule has 5 amide bonds. The average molecular weight is 375 g/mol. The number of amides is 5. The van der Waals surface area contributed by atoms with Crippen LogP contribution in [0.4, 0.5) is 9.59 Å². The maximum absolute atomic E-state index is 12.7. The molecule has 0 radical (unpaired) electrons. The van der Waals surface area contributed by atoms with Gasteiger partial charge in [-0.2, -0.15) is 0 Å². The van der Waals surface area contributed by atoms with Gasteiger partial charge in [-0.3, -0.25) is 19.3 Å². The first-order chi connectivity index (χ1) is 12.8. The molecule has 142 valence electrons. The number of carbonyl (C=O) groups is 5. The van der Waals surface area contributed by atoms with E-state index in [1.807, 2.05) is 0 Å². The SMILES string of the molecule is C[C@]1(c2ccccc2)NC(=O)N(CC(=O)OCC(=O)N2CCOC2=O)C1=O. The van der Waals surface area contributed by atoms with Gasteiger partial charge < -0.3 is 14.8 Å². The summed E-state index contributed by atoms with van der Waals surface area (Å²) in [6.07, 6.45) is -0.802. The Morgan fingerprint density at radius 1 is 1.22 bits per heavy atom. The Labute approximate surface area is 154 Å². The number of rotatable bonds is 5. The number of esters is 1. The zero-order valence-corrected chi connectivity index (χ0v) is 14.5. The van der Waals surface area contributed by atoms with Gasteiger partial charge in [0.1, 0.15) is 18.7 Å². The van der Waals surface area contributed by atoms with E-state index in [0.29, 0.717) is 5.56 Å². The largest absolute Gasteiger partial charge is 0.454 e. The quantitative estimate of drug-likeness (QED) is 0.567. The lowest BCUT2D eigenvalue weighted by Crippen LogP contribution is -2.42. The second-order valence-electron chi connectivity index (χ2n) is 6.13. The first kappa shape index (κ1) is 18.4. The molecule has 2 fully saturated rings. The number of nitrogens with one attached hydrogen (secondary N) is 1. The zero-order chi connectivity index (χ0) is 19.6. The third-order valence-electron chi connectivity index (χ3n) is 4.33. The van der Waals surface area contributed by atoms with Crippen molar-refractivity contribution in [3.63, 3.8) is 0 Å². The van der Waals surface area contributed by atoms with Gasteiger partial charge in [0.05, 0.1) is 6.54 Å².